The predicted molar refractivity (Wildman–Crippen MR) is 107 cm³/mol. The molecule has 2 atom stereocenters. The van der Waals surface area contributed by atoms with Gasteiger partial charge >= 0.3 is 0 Å². The SMILES string of the molecule is N#Cc1ncc(N[C@@H]2CCCC[C@@H]2N)cc1Nc1cccc(-n2nccn2)c1. The molecule has 0 radical (unpaired) electrons. The van der Waals surface area contributed by atoms with Crippen LogP contribution in [0.2, 0.25) is 0 Å². The molecule has 4 N–H and O–H groups in total. The van der Waals surface area contributed by atoms with Crippen molar-refractivity contribution in [3.63, 3.8) is 0 Å². The molecule has 0 spiro atoms. The maximum absolute atomic E-state index is 9.44. The molecule has 1 fully saturated rings. The van der Waals surface area contributed by atoms with Gasteiger partial charge < -0.3 is 16.4 Å². The number of benzene rings is 1. The molecule has 3 aromatic rings. The molecule has 1 saturated carbocycles. The van der Waals surface area contributed by atoms with Gasteiger partial charge in [-0.2, -0.15) is 20.3 Å². The fraction of sp³-hybridized carbons (Fsp3) is 0.300. The lowest BCUT2D eigenvalue weighted by molar-refractivity contribution is 0.404. The first kappa shape index (κ1) is 17.9. The highest BCUT2D eigenvalue weighted by Crippen LogP contribution is 2.26. The van der Waals surface area contributed by atoms with Crippen molar-refractivity contribution >= 4 is 17.1 Å². The zero-order valence-corrected chi connectivity index (χ0v) is 15.4. The summed E-state index contributed by atoms with van der Waals surface area (Å²) in [4.78, 5) is 5.84. The number of anilines is 3. The Labute approximate surface area is 163 Å². The van der Waals surface area contributed by atoms with Crippen LogP contribution in [-0.2, 0) is 0 Å². The van der Waals surface area contributed by atoms with Crippen LogP contribution < -0.4 is 16.4 Å². The number of nitriles is 1. The van der Waals surface area contributed by atoms with Crippen LogP contribution in [0.4, 0.5) is 17.1 Å². The predicted octanol–water partition coefficient (Wildman–Crippen LogP) is 2.96. The van der Waals surface area contributed by atoms with Gasteiger partial charge in [0.1, 0.15) is 6.07 Å². The smallest absolute Gasteiger partial charge is 0.164 e. The number of nitrogens with one attached hydrogen (secondary N) is 2. The normalized spacial score (nSPS) is 19.0. The molecule has 0 saturated heterocycles. The van der Waals surface area contributed by atoms with Gasteiger partial charge in [0.15, 0.2) is 5.69 Å². The van der Waals surface area contributed by atoms with E-state index in [9.17, 15) is 5.26 Å². The van der Waals surface area contributed by atoms with Crippen molar-refractivity contribution in [1.29, 1.82) is 5.26 Å². The Bertz CT molecular complexity index is 976. The van der Waals surface area contributed by atoms with Crippen LogP contribution in [0.15, 0.2) is 48.9 Å². The molecule has 4 rings (SSSR count). The quantitative estimate of drug-likeness (QED) is 0.628. The molecular weight excluding hydrogens is 352 g/mol. The summed E-state index contributed by atoms with van der Waals surface area (Å²) in [5, 5.41) is 24.5. The van der Waals surface area contributed by atoms with Gasteiger partial charge in [0.05, 0.1) is 35.7 Å². The van der Waals surface area contributed by atoms with E-state index >= 15 is 0 Å². The van der Waals surface area contributed by atoms with E-state index in [0.29, 0.717) is 11.4 Å². The number of nitrogens with zero attached hydrogens (tertiary/aromatic N) is 5. The number of rotatable bonds is 5. The highest BCUT2D eigenvalue weighted by Gasteiger charge is 2.21. The standard InChI is InChI=1S/C20H22N8/c21-12-20-19(11-15(13-23-20)27-18-7-2-1-6-17(18)22)26-14-4-3-5-16(10-14)28-24-8-9-25-28/h3-5,8-11,13,17-18,26-27H,1-2,6-7,22H2/t17-,18+/m0/s1. The topological polar surface area (TPSA) is 117 Å². The molecule has 0 unspecified atom stereocenters. The summed E-state index contributed by atoms with van der Waals surface area (Å²) < 4.78 is 0. The van der Waals surface area contributed by atoms with Crippen LogP contribution in [0.1, 0.15) is 31.4 Å². The van der Waals surface area contributed by atoms with E-state index < -0.39 is 0 Å². The summed E-state index contributed by atoms with van der Waals surface area (Å²) in [7, 11) is 0. The van der Waals surface area contributed by atoms with Crippen LogP contribution >= 0.6 is 0 Å². The molecule has 142 valence electrons. The molecule has 1 aliphatic carbocycles. The average Bonchev–Trinajstić information content (AvgIpc) is 3.25. The second-order valence-electron chi connectivity index (χ2n) is 6.92. The Morgan fingerprint density at radius 1 is 1.11 bits per heavy atom. The third kappa shape index (κ3) is 3.94. The van der Waals surface area contributed by atoms with Crippen LogP contribution in [-0.4, -0.2) is 32.1 Å². The van der Waals surface area contributed by atoms with Crippen molar-refractivity contribution in [1.82, 2.24) is 20.0 Å². The molecule has 2 aromatic heterocycles. The monoisotopic (exact) mass is 374 g/mol. The summed E-state index contributed by atoms with van der Waals surface area (Å²) in [6.45, 7) is 0. The number of nitrogens with two attached hydrogens (primary N) is 1. The van der Waals surface area contributed by atoms with E-state index in [0.717, 1.165) is 29.9 Å². The van der Waals surface area contributed by atoms with Crippen molar-refractivity contribution in [2.75, 3.05) is 10.6 Å². The molecule has 28 heavy (non-hydrogen) atoms. The highest BCUT2D eigenvalue weighted by molar-refractivity contribution is 5.69. The van der Waals surface area contributed by atoms with Crippen molar-refractivity contribution in [2.45, 2.75) is 37.8 Å². The molecule has 8 nitrogen and oxygen atoms in total. The minimum Gasteiger partial charge on any atom is -0.379 e. The first-order valence-corrected chi connectivity index (χ1v) is 9.39. The third-order valence-corrected chi connectivity index (χ3v) is 4.94. The van der Waals surface area contributed by atoms with Gasteiger partial charge in [-0.05, 0) is 37.1 Å². The molecule has 1 aromatic carbocycles. The third-order valence-electron chi connectivity index (χ3n) is 4.94. The Hall–Kier alpha value is -3.44. The molecule has 8 heteroatoms. The van der Waals surface area contributed by atoms with Crippen LogP contribution in [0.3, 0.4) is 0 Å². The zero-order chi connectivity index (χ0) is 19.3. The van der Waals surface area contributed by atoms with Gasteiger partial charge in [0.2, 0.25) is 0 Å². The molecule has 1 aliphatic rings. The van der Waals surface area contributed by atoms with Gasteiger partial charge in [0, 0.05) is 17.8 Å². The highest BCUT2D eigenvalue weighted by atomic mass is 15.5. The minimum absolute atomic E-state index is 0.138. The van der Waals surface area contributed by atoms with Crippen LogP contribution in [0.25, 0.3) is 5.69 Å². The van der Waals surface area contributed by atoms with E-state index in [1.807, 2.05) is 30.3 Å². The average molecular weight is 374 g/mol. The summed E-state index contributed by atoms with van der Waals surface area (Å²) >= 11 is 0. The van der Waals surface area contributed by atoms with E-state index in [1.54, 1.807) is 18.6 Å². The Kier molecular flexibility index (Phi) is 5.17. The van der Waals surface area contributed by atoms with Crippen molar-refractivity contribution in [2.24, 2.45) is 5.73 Å². The Morgan fingerprint density at radius 3 is 2.71 bits per heavy atom. The lowest BCUT2D eigenvalue weighted by Crippen LogP contribution is -2.42. The van der Waals surface area contributed by atoms with E-state index in [2.05, 4.69) is 31.9 Å². The Morgan fingerprint density at radius 2 is 1.93 bits per heavy atom. The largest absolute Gasteiger partial charge is 0.379 e. The summed E-state index contributed by atoms with van der Waals surface area (Å²) in [5.41, 5.74) is 9.72. The maximum atomic E-state index is 9.44. The second-order valence-corrected chi connectivity index (χ2v) is 6.92. The van der Waals surface area contributed by atoms with E-state index in [4.69, 9.17) is 5.73 Å². The second kappa shape index (κ2) is 8.06. The number of hydrogen-bond acceptors (Lipinski definition) is 7. The maximum Gasteiger partial charge on any atom is 0.164 e. The van der Waals surface area contributed by atoms with Crippen molar-refractivity contribution in [3.8, 4) is 11.8 Å². The van der Waals surface area contributed by atoms with E-state index in [1.165, 1.54) is 17.6 Å². The zero-order valence-electron chi connectivity index (χ0n) is 15.4. The molecule has 0 amide bonds. The minimum atomic E-state index is 0.138. The van der Waals surface area contributed by atoms with Gasteiger partial charge in [-0.1, -0.05) is 18.9 Å². The van der Waals surface area contributed by atoms with Gasteiger partial charge in [-0.3, -0.25) is 0 Å². The number of pyridine rings is 1. The first-order chi connectivity index (χ1) is 13.7. The fourth-order valence-corrected chi connectivity index (χ4v) is 3.49. The van der Waals surface area contributed by atoms with Gasteiger partial charge in [-0.25, -0.2) is 4.98 Å². The first-order valence-electron chi connectivity index (χ1n) is 9.39. The number of hydrogen-bond donors (Lipinski definition) is 3. The van der Waals surface area contributed by atoms with Crippen molar-refractivity contribution < 1.29 is 0 Å². The molecule has 2 heterocycles. The van der Waals surface area contributed by atoms with Crippen molar-refractivity contribution in [3.05, 3.63) is 54.6 Å². The number of aromatic nitrogens is 4. The lowest BCUT2D eigenvalue weighted by atomic mass is 9.91. The summed E-state index contributed by atoms with van der Waals surface area (Å²) in [5.74, 6) is 0. The molecular formula is C20H22N8. The molecule has 0 aliphatic heterocycles. The van der Waals surface area contributed by atoms with Gasteiger partial charge in [0.25, 0.3) is 0 Å². The van der Waals surface area contributed by atoms with Crippen LogP contribution in [0.5, 0.6) is 0 Å². The lowest BCUT2D eigenvalue weighted by Gasteiger charge is -2.30. The van der Waals surface area contributed by atoms with Gasteiger partial charge in [-0.15, -0.1) is 0 Å². The fourth-order valence-electron chi connectivity index (χ4n) is 3.49. The molecule has 0 bridgehead atoms. The summed E-state index contributed by atoms with van der Waals surface area (Å²) in [6, 6.07) is 12.1. The summed E-state index contributed by atoms with van der Waals surface area (Å²) in [6.07, 6.45) is 9.37. The Balaban J connectivity index is 1.57. The van der Waals surface area contributed by atoms with Crippen LogP contribution in [0, 0.1) is 11.3 Å². The van der Waals surface area contributed by atoms with E-state index in [-0.39, 0.29) is 12.1 Å².